The van der Waals surface area contributed by atoms with Crippen LogP contribution >= 0.6 is 23.4 Å². The standard InChI is InChI=1S/C22H23ClN2O2S/c1-16-6-8-17(9-7-16)20(26)24-12-10-22(11-13-24)25(14-15-28-22)21(27)18-4-2-3-5-19(18)23/h2-9H,10-15H2,1H3. The molecular weight excluding hydrogens is 392 g/mol. The number of carbonyl (C=O) groups excluding carboxylic acids is 2. The number of likely N-dealkylation sites (tertiary alicyclic amines) is 1. The second-order valence-corrected chi connectivity index (χ2v) is 9.25. The molecule has 2 aliphatic heterocycles. The fourth-order valence-corrected chi connectivity index (χ4v) is 5.70. The maximum atomic E-state index is 13.2. The first-order valence-corrected chi connectivity index (χ1v) is 10.9. The first-order chi connectivity index (χ1) is 13.5. The van der Waals surface area contributed by atoms with E-state index < -0.39 is 0 Å². The molecule has 6 heteroatoms. The maximum absolute atomic E-state index is 13.2. The lowest BCUT2D eigenvalue weighted by molar-refractivity contribution is 0.0498. The molecule has 2 fully saturated rings. The molecule has 2 aliphatic rings. The smallest absolute Gasteiger partial charge is 0.256 e. The number of halogens is 1. The highest BCUT2D eigenvalue weighted by atomic mass is 35.5. The van der Waals surface area contributed by atoms with Crippen LogP contribution in [0.25, 0.3) is 0 Å². The molecule has 2 saturated heterocycles. The van der Waals surface area contributed by atoms with Crippen LogP contribution < -0.4 is 0 Å². The molecule has 0 aliphatic carbocycles. The molecule has 0 N–H and O–H groups in total. The molecule has 0 radical (unpaired) electrons. The SMILES string of the molecule is Cc1ccc(C(=O)N2CCC3(CC2)SCCN3C(=O)c2ccccc2Cl)cc1. The zero-order valence-corrected chi connectivity index (χ0v) is 17.4. The summed E-state index contributed by atoms with van der Waals surface area (Å²) in [5.74, 6) is 0.984. The summed E-state index contributed by atoms with van der Waals surface area (Å²) in [4.78, 5) is 29.6. The molecule has 0 bridgehead atoms. The molecule has 0 aromatic heterocycles. The van der Waals surface area contributed by atoms with E-state index >= 15 is 0 Å². The lowest BCUT2D eigenvalue weighted by Crippen LogP contribution is -2.53. The number of hydrogen-bond donors (Lipinski definition) is 0. The number of amides is 2. The third kappa shape index (κ3) is 3.53. The fraction of sp³-hybridized carbons (Fsp3) is 0.364. The average molecular weight is 415 g/mol. The first kappa shape index (κ1) is 19.3. The molecule has 1 spiro atoms. The summed E-state index contributed by atoms with van der Waals surface area (Å²) >= 11 is 8.10. The number of piperidine rings is 1. The third-order valence-corrected chi connectivity index (χ3v) is 7.54. The van der Waals surface area contributed by atoms with Crippen molar-refractivity contribution in [1.29, 1.82) is 0 Å². The van der Waals surface area contributed by atoms with Gasteiger partial charge in [0.25, 0.3) is 11.8 Å². The van der Waals surface area contributed by atoms with Gasteiger partial charge >= 0.3 is 0 Å². The number of thioether (sulfide) groups is 1. The second-order valence-electron chi connectivity index (χ2n) is 7.39. The molecule has 28 heavy (non-hydrogen) atoms. The number of nitrogens with zero attached hydrogens (tertiary/aromatic N) is 2. The Morgan fingerprint density at radius 2 is 1.64 bits per heavy atom. The van der Waals surface area contributed by atoms with Crippen molar-refractivity contribution in [1.82, 2.24) is 9.80 Å². The van der Waals surface area contributed by atoms with E-state index in [0.717, 1.165) is 36.3 Å². The maximum Gasteiger partial charge on any atom is 0.256 e. The summed E-state index contributed by atoms with van der Waals surface area (Å²) in [5.41, 5.74) is 2.43. The van der Waals surface area contributed by atoms with E-state index in [2.05, 4.69) is 0 Å². The van der Waals surface area contributed by atoms with Crippen LogP contribution in [0.4, 0.5) is 0 Å². The molecule has 2 aromatic carbocycles. The van der Waals surface area contributed by atoms with Crippen LogP contribution in [-0.2, 0) is 0 Å². The Labute approximate surface area is 174 Å². The van der Waals surface area contributed by atoms with E-state index in [1.165, 1.54) is 0 Å². The van der Waals surface area contributed by atoms with Crippen LogP contribution in [0.1, 0.15) is 39.1 Å². The quantitative estimate of drug-likeness (QED) is 0.727. The summed E-state index contributed by atoms with van der Waals surface area (Å²) in [6.45, 7) is 4.06. The van der Waals surface area contributed by atoms with Crippen molar-refractivity contribution in [3.8, 4) is 0 Å². The van der Waals surface area contributed by atoms with Crippen molar-refractivity contribution in [3.63, 3.8) is 0 Å². The van der Waals surface area contributed by atoms with Gasteiger partial charge in [-0.2, -0.15) is 0 Å². The van der Waals surface area contributed by atoms with Crippen LogP contribution in [0.2, 0.25) is 5.02 Å². The van der Waals surface area contributed by atoms with Gasteiger partial charge in [0.15, 0.2) is 0 Å². The van der Waals surface area contributed by atoms with E-state index in [1.807, 2.05) is 64.9 Å². The number of hydrogen-bond acceptors (Lipinski definition) is 3. The van der Waals surface area contributed by atoms with Gasteiger partial charge in [-0.15, -0.1) is 11.8 Å². The summed E-state index contributed by atoms with van der Waals surface area (Å²) < 4.78 is 0. The molecule has 0 atom stereocenters. The monoisotopic (exact) mass is 414 g/mol. The van der Waals surface area contributed by atoms with Crippen molar-refractivity contribution < 1.29 is 9.59 Å². The van der Waals surface area contributed by atoms with Crippen LogP contribution in [0.3, 0.4) is 0 Å². The normalized spacial score (nSPS) is 18.5. The Morgan fingerprint density at radius 1 is 0.964 bits per heavy atom. The number of aryl methyl sites for hydroxylation is 1. The molecule has 2 amide bonds. The zero-order valence-electron chi connectivity index (χ0n) is 15.9. The van der Waals surface area contributed by atoms with Crippen molar-refractivity contribution in [2.24, 2.45) is 0 Å². The molecule has 146 valence electrons. The third-order valence-electron chi connectivity index (χ3n) is 5.66. The highest BCUT2D eigenvalue weighted by molar-refractivity contribution is 8.00. The molecule has 2 aromatic rings. The number of benzene rings is 2. The lowest BCUT2D eigenvalue weighted by Gasteiger charge is -2.44. The molecule has 2 heterocycles. The molecule has 4 rings (SSSR count). The van der Waals surface area contributed by atoms with Crippen LogP contribution in [0.5, 0.6) is 0 Å². The molecule has 4 nitrogen and oxygen atoms in total. The second kappa shape index (κ2) is 7.80. The largest absolute Gasteiger partial charge is 0.338 e. The first-order valence-electron chi connectivity index (χ1n) is 9.57. The topological polar surface area (TPSA) is 40.6 Å². The minimum Gasteiger partial charge on any atom is -0.338 e. The Kier molecular flexibility index (Phi) is 5.39. The van der Waals surface area contributed by atoms with Gasteiger partial charge in [-0.3, -0.25) is 9.59 Å². The Morgan fingerprint density at radius 3 is 2.32 bits per heavy atom. The Balaban J connectivity index is 1.48. The number of rotatable bonds is 2. The molecular formula is C22H23ClN2O2S. The minimum absolute atomic E-state index is 0.00564. The molecule has 0 unspecified atom stereocenters. The van der Waals surface area contributed by atoms with E-state index in [9.17, 15) is 9.59 Å². The predicted molar refractivity (Wildman–Crippen MR) is 114 cm³/mol. The van der Waals surface area contributed by atoms with Crippen molar-refractivity contribution in [2.75, 3.05) is 25.4 Å². The fourth-order valence-electron chi connectivity index (χ4n) is 4.03. The highest BCUT2D eigenvalue weighted by Gasteiger charge is 2.47. The van der Waals surface area contributed by atoms with Crippen LogP contribution in [-0.4, -0.2) is 51.9 Å². The Bertz CT molecular complexity index is 892. The van der Waals surface area contributed by atoms with E-state index in [4.69, 9.17) is 11.6 Å². The summed E-state index contributed by atoms with van der Waals surface area (Å²) in [6, 6.07) is 14.9. The van der Waals surface area contributed by atoms with Gasteiger partial charge in [-0.05, 0) is 44.0 Å². The highest BCUT2D eigenvalue weighted by Crippen LogP contribution is 2.45. The van der Waals surface area contributed by atoms with Gasteiger partial charge in [0.1, 0.15) is 0 Å². The average Bonchev–Trinajstić information content (AvgIpc) is 3.11. The lowest BCUT2D eigenvalue weighted by atomic mass is 10.00. The summed E-state index contributed by atoms with van der Waals surface area (Å²) in [7, 11) is 0. The zero-order chi connectivity index (χ0) is 19.7. The van der Waals surface area contributed by atoms with Crippen molar-refractivity contribution in [2.45, 2.75) is 24.6 Å². The minimum atomic E-state index is -0.236. The van der Waals surface area contributed by atoms with Crippen LogP contribution in [0, 0.1) is 6.92 Å². The summed E-state index contributed by atoms with van der Waals surface area (Å²) in [5, 5.41) is 0.492. The summed E-state index contributed by atoms with van der Waals surface area (Å²) in [6.07, 6.45) is 1.57. The van der Waals surface area contributed by atoms with Crippen molar-refractivity contribution in [3.05, 3.63) is 70.2 Å². The van der Waals surface area contributed by atoms with E-state index in [-0.39, 0.29) is 16.7 Å². The predicted octanol–water partition coefficient (Wildman–Crippen LogP) is 4.47. The number of carbonyl (C=O) groups is 2. The van der Waals surface area contributed by atoms with Gasteiger partial charge in [-0.25, -0.2) is 0 Å². The van der Waals surface area contributed by atoms with Crippen LogP contribution in [0.15, 0.2) is 48.5 Å². The van der Waals surface area contributed by atoms with Gasteiger partial charge < -0.3 is 9.80 Å². The van der Waals surface area contributed by atoms with Gasteiger partial charge in [-0.1, -0.05) is 41.4 Å². The molecule has 0 saturated carbocycles. The Hall–Kier alpha value is -1.98. The van der Waals surface area contributed by atoms with E-state index in [1.54, 1.807) is 12.1 Å². The van der Waals surface area contributed by atoms with Gasteiger partial charge in [0.2, 0.25) is 0 Å². The van der Waals surface area contributed by atoms with Gasteiger partial charge in [0.05, 0.1) is 15.5 Å². The van der Waals surface area contributed by atoms with E-state index in [0.29, 0.717) is 23.7 Å². The van der Waals surface area contributed by atoms with Crippen molar-refractivity contribution >= 4 is 35.2 Å². The van der Waals surface area contributed by atoms with Gasteiger partial charge in [0, 0.05) is 31.0 Å².